The summed E-state index contributed by atoms with van der Waals surface area (Å²) in [4.78, 5) is 0. The molecule has 0 saturated carbocycles. The van der Waals surface area contributed by atoms with E-state index < -0.39 is 0 Å². The summed E-state index contributed by atoms with van der Waals surface area (Å²) in [6, 6.07) is 22.0. The molecule has 0 heteroatoms. The third-order valence-corrected chi connectivity index (χ3v) is 4.81. The van der Waals surface area contributed by atoms with Crippen LogP contribution in [0, 0.1) is 5.92 Å². The predicted molar refractivity (Wildman–Crippen MR) is 97.3 cm³/mol. The van der Waals surface area contributed by atoms with Crippen LogP contribution in [0.1, 0.15) is 69.4 Å². The Balaban J connectivity index is 2.09. The van der Waals surface area contributed by atoms with Gasteiger partial charge in [0.05, 0.1) is 0 Å². The van der Waals surface area contributed by atoms with Crippen molar-refractivity contribution < 1.29 is 0 Å². The van der Waals surface area contributed by atoms with Gasteiger partial charge in [0.15, 0.2) is 0 Å². The zero-order valence-corrected chi connectivity index (χ0v) is 14.2. The highest BCUT2D eigenvalue weighted by atomic mass is 14.2. The second-order valence-corrected chi connectivity index (χ2v) is 6.37. The molecule has 0 nitrogen and oxygen atoms in total. The fraction of sp³-hybridized carbons (Fsp3) is 0.455. The van der Waals surface area contributed by atoms with E-state index in [9.17, 15) is 0 Å². The van der Waals surface area contributed by atoms with Crippen LogP contribution < -0.4 is 0 Å². The summed E-state index contributed by atoms with van der Waals surface area (Å²) in [5.41, 5.74) is 2.91. The van der Waals surface area contributed by atoms with E-state index >= 15 is 0 Å². The Bertz CT molecular complexity index is 461. The van der Waals surface area contributed by atoms with Crippen molar-refractivity contribution in [3.63, 3.8) is 0 Å². The summed E-state index contributed by atoms with van der Waals surface area (Å²) < 4.78 is 0. The number of hydrogen-bond acceptors (Lipinski definition) is 0. The van der Waals surface area contributed by atoms with Gasteiger partial charge in [-0.25, -0.2) is 0 Å². The van der Waals surface area contributed by atoms with Crippen LogP contribution in [0.2, 0.25) is 0 Å². The Labute approximate surface area is 136 Å². The van der Waals surface area contributed by atoms with E-state index in [0.29, 0.717) is 5.92 Å². The van der Waals surface area contributed by atoms with Gasteiger partial charge in [-0.3, -0.25) is 0 Å². The second-order valence-electron chi connectivity index (χ2n) is 6.37. The van der Waals surface area contributed by atoms with Crippen molar-refractivity contribution >= 4 is 0 Å². The van der Waals surface area contributed by atoms with E-state index in [1.54, 1.807) is 0 Å². The zero-order chi connectivity index (χ0) is 15.6. The molecule has 0 radical (unpaired) electrons. The van der Waals surface area contributed by atoms with Crippen LogP contribution in [0.15, 0.2) is 60.7 Å². The van der Waals surface area contributed by atoms with Crippen molar-refractivity contribution in [2.24, 2.45) is 5.92 Å². The van der Waals surface area contributed by atoms with Gasteiger partial charge in [0.25, 0.3) is 0 Å². The molecule has 118 valence electrons. The van der Waals surface area contributed by atoms with Crippen molar-refractivity contribution in [2.75, 3.05) is 0 Å². The maximum Gasteiger partial charge on any atom is 0.00894 e. The van der Waals surface area contributed by atoms with E-state index in [2.05, 4.69) is 74.5 Å². The average Bonchev–Trinajstić information content (AvgIpc) is 2.59. The van der Waals surface area contributed by atoms with Crippen LogP contribution in [-0.4, -0.2) is 0 Å². The highest BCUT2D eigenvalue weighted by Gasteiger charge is 2.16. The maximum absolute atomic E-state index is 2.35. The van der Waals surface area contributed by atoms with Gasteiger partial charge in [-0.2, -0.15) is 0 Å². The summed E-state index contributed by atoms with van der Waals surface area (Å²) in [6.45, 7) is 4.64. The van der Waals surface area contributed by atoms with E-state index in [1.165, 1.54) is 49.7 Å². The van der Waals surface area contributed by atoms with Gasteiger partial charge in [0.1, 0.15) is 0 Å². The molecule has 0 saturated heterocycles. The molecular weight excluding hydrogens is 264 g/mol. The summed E-state index contributed by atoms with van der Waals surface area (Å²) in [5.74, 6) is 1.42. The highest BCUT2D eigenvalue weighted by Crippen LogP contribution is 2.32. The minimum atomic E-state index is 0.540. The quantitative estimate of drug-likeness (QED) is 0.476. The molecule has 0 amide bonds. The highest BCUT2D eigenvalue weighted by molar-refractivity contribution is 5.32. The Hall–Kier alpha value is -1.56. The molecule has 2 aromatic carbocycles. The molecule has 0 aliphatic rings. The SMILES string of the molecule is CCCCC(CC)CCC(c1ccccc1)c1ccccc1. The molecule has 0 aliphatic heterocycles. The summed E-state index contributed by atoms with van der Waals surface area (Å²) in [7, 11) is 0. The van der Waals surface area contributed by atoms with Gasteiger partial charge < -0.3 is 0 Å². The molecule has 0 spiro atoms. The smallest absolute Gasteiger partial charge is 0.00894 e. The molecule has 1 atom stereocenters. The Kier molecular flexibility index (Phi) is 7.22. The van der Waals surface area contributed by atoms with E-state index in [4.69, 9.17) is 0 Å². The molecular formula is C22H30. The van der Waals surface area contributed by atoms with E-state index in [-0.39, 0.29) is 0 Å². The third-order valence-electron chi connectivity index (χ3n) is 4.81. The predicted octanol–water partition coefficient (Wildman–Crippen LogP) is 6.82. The Morgan fingerprint density at radius 2 is 1.23 bits per heavy atom. The number of rotatable bonds is 9. The first kappa shape index (κ1) is 16.8. The molecule has 0 bridgehead atoms. The molecule has 0 N–H and O–H groups in total. The molecule has 0 aliphatic carbocycles. The first-order valence-corrected chi connectivity index (χ1v) is 8.95. The van der Waals surface area contributed by atoms with Crippen molar-refractivity contribution in [1.29, 1.82) is 0 Å². The number of hydrogen-bond donors (Lipinski definition) is 0. The number of unbranched alkanes of at least 4 members (excludes halogenated alkanes) is 1. The standard InChI is InChI=1S/C22H30/c1-3-5-12-19(4-2)17-18-22(20-13-8-6-9-14-20)21-15-10-7-11-16-21/h6-11,13-16,19,22H,3-5,12,17-18H2,1-2H3. The topological polar surface area (TPSA) is 0 Å². The monoisotopic (exact) mass is 294 g/mol. The van der Waals surface area contributed by atoms with E-state index in [1.807, 2.05) is 0 Å². The maximum atomic E-state index is 2.35. The van der Waals surface area contributed by atoms with Crippen molar-refractivity contribution in [3.05, 3.63) is 71.8 Å². The first-order chi connectivity index (χ1) is 10.8. The minimum absolute atomic E-state index is 0.540. The molecule has 0 fully saturated rings. The van der Waals surface area contributed by atoms with Crippen LogP contribution in [0.3, 0.4) is 0 Å². The molecule has 1 unspecified atom stereocenters. The lowest BCUT2D eigenvalue weighted by Gasteiger charge is -2.21. The second kappa shape index (κ2) is 9.46. The van der Waals surface area contributed by atoms with Crippen LogP contribution in [0.25, 0.3) is 0 Å². The largest absolute Gasteiger partial charge is 0.0654 e. The lowest BCUT2D eigenvalue weighted by Crippen LogP contribution is -2.06. The molecule has 2 rings (SSSR count). The van der Waals surface area contributed by atoms with Crippen LogP contribution >= 0.6 is 0 Å². The van der Waals surface area contributed by atoms with E-state index in [0.717, 1.165) is 5.92 Å². The van der Waals surface area contributed by atoms with Crippen LogP contribution in [0.5, 0.6) is 0 Å². The summed E-state index contributed by atoms with van der Waals surface area (Å²) in [5, 5.41) is 0. The van der Waals surface area contributed by atoms with Gasteiger partial charge in [0.2, 0.25) is 0 Å². The zero-order valence-electron chi connectivity index (χ0n) is 14.2. The lowest BCUT2D eigenvalue weighted by molar-refractivity contribution is 0.401. The number of benzene rings is 2. The molecule has 0 aromatic heterocycles. The van der Waals surface area contributed by atoms with Gasteiger partial charge in [-0.15, -0.1) is 0 Å². The minimum Gasteiger partial charge on any atom is -0.0654 e. The van der Waals surface area contributed by atoms with Gasteiger partial charge in [-0.1, -0.05) is 100 Å². The van der Waals surface area contributed by atoms with Gasteiger partial charge in [0, 0.05) is 5.92 Å². The Morgan fingerprint density at radius 3 is 1.68 bits per heavy atom. The van der Waals surface area contributed by atoms with Crippen molar-refractivity contribution in [2.45, 2.75) is 58.3 Å². The summed E-state index contributed by atoms with van der Waals surface area (Å²) in [6.07, 6.45) is 8.00. The van der Waals surface area contributed by atoms with Crippen molar-refractivity contribution in [3.8, 4) is 0 Å². The van der Waals surface area contributed by atoms with Crippen LogP contribution in [-0.2, 0) is 0 Å². The van der Waals surface area contributed by atoms with Gasteiger partial charge in [-0.05, 0) is 29.9 Å². The van der Waals surface area contributed by atoms with Gasteiger partial charge >= 0.3 is 0 Å². The third kappa shape index (κ3) is 5.02. The van der Waals surface area contributed by atoms with Crippen LogP contribution in [0.4, 0.5) is 0 Å². The molecule has 22 heavy (non-hydrogen) atoms. The first-order valence-electron chi connectivity index (χ1n) is 8.95. The average molecular weight is 294 g/mol. The fourth-order valence-electron chi connectivity index (χ4n) is 3.34. The summed E-state index contributed by atoms with van der Waals surface area (Å²) >= 11 is 0. The normalized spacial score (nSPS) is 12.5. The molecule has 2 aromatic rings. The fourth-order valence-corrected chi connectivity index (χ4v) is 3.34. The van der Waals surface area contributed by atoms with Crippen molar-refractivity contribution in [1.82, 2.24) is 0 Å². The lowest BCUT2D eigenvalue weighted by atomic mass is 9.83. The Morgan fingerprint density at radius 1 is 0.682 bits per heavy atom. The molecule has 0 heterocycles.